The van der Waals surface area contributed by atoms with Gasteiger partial charge >= 0.3 is 6.61 Å². The van der Waals surface area contributed by atoms with Gasteiger partial charge < -0.3 is 9.47 Å². The first-order chi connectivity index (χ1) is 6.67. The standard InChI is InChI=1S/C9H8F2O3/c1-13-8-3-2-7(14-9(10)11)4-6(8)5-12/h2-5,9H,1H3. The van der Waals surface area contributed by atoms with E-state index in [4.69, 9.17) is 4.74 Å². The summed E-state index contributed by atoms with van der Waals surface area (Å²) in [5, 5.41) is 0. The van der Waals surface area contributed by atoms with Gasteiger partial charge in [-0.2, -0.15) is 8.78 Å². The fourth-order valence-corrected chi connectivity index (χ4v) is 0.981. The molecule has 1 aromatic carbocycles. The molecule has 0 aliphatic heterocycles. The largest absolute Gasteiger partial charge is 0.496 e. The summed E-state index contributed by atoms with van der Waals surface area (Å²) in [7, 11) is 1.38. The molecule has 0 fully saturated rings. The summed E-state index contributed by atoms with van der Waals surface area (Å²) in [5.74, 6) is 0.254. The molecule has 0 aromatic heterocycles. The molecule has 0 bridgehead atoms. The fraction of sp³-hybridized carbons (Fsp3) is 0.222. The normalized spacial score (nSPS) is 10.0. The van der Waals surface area contributed by atoms with Crippen LogP contribution in [0, 0.1) is 0 Å². The van der Waals surface area contributed by atoms with Gasteiger partial charge in [0.25, 0.3) is 0 Å². The molecular weight excluding hydrogens is 194 g/mol. The minimum atomic E-state index is -2.90. The molecular formula is C9H8F2O3. The van der Waals surface area contributed by atoms with E-state index in [0.29, 0.717) is 12.0 Å². The first-order valence-corrected chi connectivity index (χ1v) is 3.75. The van der Waals surface area contributed by atoms with E-state index in [2.05, 4.69) is 4.74 Å². The number of rotatable bonds is 4. The van der Waals surface area contributed by atoms with Crippen molar-refractivity contribution in [2.45, 2.75) is 6.61 Å². The molecule has 0 unspecified atom stereocenters. The summed E-state index contributed by atoms with van der Waals surface area (Å²) in [4.78, 5) is 10.5. The van der Waals surface area contributed by atoms with Crippen LogP contribution >= 0.6 is 0 Å². The smallest absolute Gasteiger partial charge is 0.387 e. The molecule has 0 aliphatic carbocycles. The monoisotopic (exact) mass is 202 g/mol. The summed E-state index contributed by atoms with van der Waals surface area (Å²) >= 11 is 0. The van der Waals surface area contributed by atoms with Crippen molar-refractivity contribution in [2.24, 2.45) is 0 Å². The first kappa shape index (κ1) is 10.4. The Labute approximate surface area is 79.2 Å². The van der Waals surface area contributed by atoms with E-state index >= 15 is 0 Å². The van der Waals surface area contributed by atoms with Crippen molar-refractivity contribution in [3.8, 4) is 11.5 Å². The Kier molecular flexibility index (Phi) is 3.39. The highest BCUT2D eigenvalue weighted by Gasteiger charge is 2.07. The van der Waals surface area contributed by atoms with Crippen LogP contribution in [-0.2, 0) is 0 Å². The zero-order valence-electron chi connectivity index (χ0n) is 7.37. The van der Waals surface area contributed by atoms with Gasteiger partial charge in [-0.25, -0.2) is 0 Å². The third-order valence-electron chi connectivity index (χ3n) is 1.55. The minimum Gasteiger partial charge on any atom is -0.496 e. The average Bonchev–Trinajstić information content (AvgIpc) is 2.16. The Balaban J connectivity index is 2.95. The van der Waals surface area contributed by atoms with Crippen LogP contribution in [0.5, 0.6) is 11.5 Å². The summed E-state index contributed by atoms with van der Waals surface area (Å²) in [6.45, 7) is -2.90. The zero-order valence-corrected chi connectivity index (χ0v) is 7.37. The van der Waals surface area contributed by atoms with Crippen LogP contribution < -0.4 is 9.47 Å². The maximum atomic E-state index is 11.8. The van der Waals surface area contributed by atoms with E-state index in [1.54, 1.807) is 0 Å². The highest BCUT2D eigenvalue weighted by atomic mass is 19.3. The van der Waals surface area contributed by atoms with Gasteiger partial charge in [0, 0.05) is 0 Å². The van der Waals surface area contributed by atoms with Gasteiger partial charge in [0.2, 0.25) is 0 Å². The van der Waals surface area contributed by atoms with Crippen LogP contribution in [0.3, 0.4) is 0 Å². The topological polar surface area (TPSA) is 35.5 Å². The van der Waals surface area contributed by atoms with E-state index in [-0.39, 0.29) is 11.3 Å². The van der Waals surface area contributed by atoms with Gasteiger partial charge in [-0.3, -0.25) is 4.79 Å². The van der Waals surface area contributed by atoms with Gasteiger partial charge in [0.05, 0.1) is 12.7 Å². The molecule has 0 saturated carbocycles. The minimum absolute atomic E-state index is 0.0668. The lowest BCUT2D eigenvalue weighted by Gasteiger charge is -2.07. The quantitative estimate of drug-likeness (QED) is 0.701. The second kappa shape index (κ2) is 4.55. The zero-order chi connectivity index (χ0) is 10.6. The predicted molar refractivity (Wildman–Crippen MR) is 45.0 cm³/mol. The number of ether oxygens (including phenoxy) is 2. The maximum absolute atomic E-state index is 11.8. The molecule has 0 spiro atoms. The van der Waals surface area contributed by atoms with E-state index in [9.17, 15) is 13.6 Å². The molecule has 0 saturated heterocycles. The summed E-state index contributed by atoms with van der Waals surface area (Å²) < 4.78 is 32.5. The lowest BCUT2D eigenvalue weighted by molar-refractivity contribution is -0.0499. The van der Waals surface area contributed by atoms with Gasteiger partial charge in [-0.1, -0.05) is 0 Å². The van der Waals surface area contributed by atoms with Gasteiger partial charge in [0.1, 0.15) is 11.5 Å². The Morgan fingerprint density at radius 1 is 1.43 bits per heavy atom. The van der Waals surface area contributed by atoms with E-state index in [1.807, 2.05) is 0 Å². The summed E-state index contributed by atoms with van der Waals surface area (Å²) in [6, 6.07) is 3.89. The van der Waals surface area contributed by atoms with E-state index < -0.39 is 6.61 Å². The average molecular weight is 202 g/mol. The third-order valence-corrected chi connectivity index (χ3v) is 1.55. The highest BCUT2D eigenvalue weighted by Crippen LogP contribution is 2.23. The molecule has 0 heterocycles. The Morgan fingerprint density at radius 3 is 2.64 bits per heavy atom. The predicted octanol–water partition coefficient (Wildman–Crippen LogP) is 2.11. The molecule has 0 N–H and O–H groups in total. The van der Waals surface area contributed by atoms with Crippen LogP contribution in [0.1, 0.15) is 10.4 Å². The molecule has 14 heavy (non-hydrogen) atoms. The summed E-state index contributed by atoms with van der Waals surface area (Å²) in [5.41, 5.74) is 0.172. The van der Waals surface area contributed by atoms with Crippen LogP contribution in [0.25, 0.3) is 0 Å². The number of aldehydes is 1. The second-order valence-electron chi connectivity index (χ2n) is 2.40. The highest BCUT2D eigenvalue weighted by molar-refractivity contribution is 5.80. The molecule has 0 atom stereocenters. The number of benzene rings is 1. The lowest BCUT2D eigenvalue weighted by atomic mass is 10.2. The van der Waals surface area contributed by atoms with Crippen molar-refractivity contribution >= 4 is 6.29 Å². The molecule has 0 amide bonds. The number of halogens is 2. The molecule has 1 rings (SSSR count). The number of carbonyl (C=O) groups excluding carboxylic acids is 1. The third kappa shape index (κ3) is 2.42. The van der Waals surface area contributed by atoms with Crippen LogP contribution in [0.15, 0.2) is 18.2 Å². The number of hydrogen-bond acceptors (Lipinski definition) is 3. The van der Waals surface area contributed by atoms with Gasteiger partial charge in [-0.05, 0) is 18.2 Å². The van der Waals surface area contributed by atoms with E-state index in [0.717, 1.165) is 0 Å². The van der Waals surface area contributed by atoms with Crippen LogP contribution in [-0.4, -0.2) is 20.0 Å². The Morgan fingerprint density at radius 2 is 2.14 bits per heavy atom. The van der Waals surface area contributed by atoms with Gasteiger partial charge in [0.15, 0.2) is 6.29 Å². The molecule has 5 heteroatoms. The molecule has 1 aromatic rings. The number of alkyl halides is 2. The molecule has 0 aliphatic rings. The van der Waals surface area contributed by atoms with Crippen molar-refractivity contribution in [3.63, 3.8) is 0 Å². The van der Waals surface area contributed by atoms with Crippen LogP contribution in [0.4, 0.5) is 8.78 Å². The van der Waals surface area contributed by atoms with Crippen molar-refractivity contribution in [1.82, 2.24) is 0 Å². The molecule has 0 radical (unpaired) electrons. The molecule has 76 valence electrons. The van der Waals surface area contributed by atoms with Crippen LogP contribution in [0.2, 0.25) is 0 Å². The number of carbonyl (C=O) groups is 1. The van der Waals surface area contributed by atoms with Crippen molar-refractivity contribution in [2.75, 3.05) is 7.11 Å². The van der Waals surface area contributed by atoms with Crippen molar-refractivity contribution in [3.05, 3.63) is 23.8 Å². The summed E-state index contributed by atoms with van der Waals surface area (Å²) in [6.07, 6.45) is 0.511. The van der Waals surface area contributed by atoms with Crippen molar-refractivity contribution in [1.29, 1.82) is 0 Å². The Bertz CT molecular complexity index is 326. The van der Waals surface area contributed by atoms with Gasteiger partial charge in [-0.15, -0.1) is 0 Å². The second-order valence-corrected chi connectivity index (χ2v) is 2.40. The Hall–Kier alpha value is -1.65. The molecule has 3 nitrogen and oxygen atoms in total. The van der Waals surface area contributed by atoms with E-state index in [1.165, 1.54) is 25.3 Å². The maximum Gasteiger partial charge on any atom is 0.387 e. The number of hydrogen-bond donors (Lipinski definition) is 0. The number of methoxy groups -OCH3 is 1. The lowest BCUT2D eigenvalue weighted by Crippen LogP contribution is -2.02. The first-order valence-electron chi connectivity index (χ1n) is 3.75. The fourth-order valence-electron chi connectivity index (χ4n) is 0.981. The SMILES string of the molecule is COc1ccc(OC(F)F)cc1C=O. The van der Waals surface area contributed by atoms with Crippen molar-refractivity contribution < 1.29 is 23.0 Å².